The number of aromatic nitrogens is 2. The van der Waals surface area contributed by atoms with E-state index in [2.05, 4.69) is 4.98 Å². The SMILES string of the molecule is Cn1ccnc1Sc1ccc(C(=O)O)c([N+](=O)[O-])c1. The van der Waals surface area contributed by atoms with Crippen LogP contribution in [0.15, 0.2) is 40.6 Å². The first kappa shape index (κ1) is 13.1. The van der Waals surface area contributed by atoms with E-state index in [1.807, 2.05) is 0 Å². The van der Waals surface area contributed by atoms with E-state index in [1.165, 1.54) is 30.0 Å². The van der Waals surface area contributed by atoms with Gasteiger partial charge in [0.2, 0.25) is 0 Å². The number of aryl methyl sites for hydroxylation is 1. The van der Waals surface area contributed by atoms with Crippen molar-refractivity contribution in [3.8, 4) is 0 Å². The molecule has 1 aromatic heterocycles. The molecule has 1 aromatic carbocycles. The molecule has 0 saturated carbocycles. The van der Waals surface area contributed by atoms with Gasteiger partial charge in [0, 0.05) is 30.4 Å². The van der Waals surface area contributed by atoms with Gasteiger partial charge >= 0.3 is 5.97 Å². The molecule has 1 heterocycles. The van der Waals surface area contributed by atoms with Crippen molar-refractivity contribution in [2.24, 2.45) is 7.05 Å². The van der Waals surface area contributed by atoms with Crippen molar-refractivity contribution in [2.75, 3.05) is 0 Å². The number of carbonyl (C=O) groups is 1. The van der Waals surface area contributed by atoms with Crippen LogP contribution >= 0.6 is 11.8 Å². The van der Waals surface area contributed by atoms with E-state index in [0.29, 0.717) is 10.1 Å². The summed E-state index contributed by atoms with van der Waals surface area (Å²) in [5, 5.41) is 20.4. The molecule has 0 unspecified atom stereocenters. The number of carboxylic acids is 1. The van der Waals surface area contributed by atoms with Gasteiger partial charge in [0.1, 0.15) is 5.56 Å². The second-order valence-electron chi connectivity index (χ2n) is 3.66. The second kappa shape index (κ2) is 5.11. The summed E-state index contributed by atoms with van der Waals surface area (Å²) in [5.41, 5.74) is -0.749. The first-order chi connectivity index (χ1) is 8.99. The molecule has 0 amide bonds. The molecular weight excluding hydrogens is 270 g/mol. The minimum Gasteiger partial charge on any atom is -0.477 e. The topological polar surface area (TPSA) is 98.3 Å². The number of benzene rings is 1. The van der Waals surface area contributed by atoms with Crippen LogP contribution in [0.3, 0.4) is 0 Å². The van der Waals surface area contributed by atoms with Crippen molar-refractivity contribution in [1.29, 1.82) is 0 Å². The molecule has 2 rings (SSSR count). The van der Waals surface area contributed by atoms with E-state index in [1.54, 1.807) is 24.0 Å². The van der Waals surface area contributed by atoms with Gasteiger partial charge in [0.25, 0.3) is 5.69 Å². The van der Waals surface area contributed by atoms with E-state index >= 15 is 0 Å². The fraction of sp³-hybridized carbons (Fsp3) is 0.0909. The molecular formula is C11H9N3O4S. The summed E-state index contributed by atoms with van der Waals surface area (Å²) in [6.07, 6.45) is 3.37. The van der Waals surface area contributed by atoms with Crippen LogP contribution in [0.4, 0.5) is 5.69 Å². The van der Waals surface area contributed by atoms with E-state index in [4.69, 9.17) is 5.11 Å². The van der Waals surface area contributed by atoms with Crippen molar-refractivity contribution < 1.29 is 14.8 Å². The standard InChI is InChI=1S/C11H9N3O4S/c1-13-5-4-12-11(13)19-7-2-3-8(10(15)16)9(6-7)14(17)18/h2-6H,1H3,(H,15,16). The Kier molecular flexibility index (Phi) is 3.52. The van der Waals surface area contributed by atoms with Crippen molar-refractivity contribution >= 4 is 23.4 Å². The number of hydrogen-bond donors (Lipinski definition) is 1. The minimum absolute atomic E-state index is 0.325. The molecule has 0 aliphatic carbocycles. The fourth-order valence-electron chi connectivity index (χ4n) is 1.46. The van der Waals surface area contributed by atoms with Crippen molar-refractivity contribution in [3.05, 3.63) is 46.3 Å². The van der Waals surface area contributed by atoms with Crippen LogP contribution in [0.5, 0.6) is 0 Å². The van der Waals surface area contributed by atoms with Gasteiger partial charge in [0.05, 0.1) is 4.92 Å². The summed E-state index contributed by atoms with van der Waals surface area (Å²) in [4.78, 5) is 25.7. The molecule has 0 aliphatic heterocycles. The maximum atomic E-state index is 10.9. The highest BCUT2D eigenvalue weighted by Crippen LogP contribution is 2.30. The average molecular weight is 279 g/mol. The maximum Gasteiger partial charge on any atom is 0.342 e. The highest BCUT2D eigenvalue weighted by molar-refractivity contribution is 7.99. The normalized spacial score (nSPS) is 10.4. The van der Waals surface area contributed by atoms with Crippen LogP contribution in [0.2, 0.25) is 0 Å². The zero-order valence-electron chi connectivity index (χ0n) is 9.81. The van der Waals surface area contributed by atoms with Gasteiger partial charge in [-0.05, 0) is 12.1 Å². The minimum atomic E-state index is -1.32. The zero-order chi connectivity index (χ0) is 14.0. The molecule has 98 valence electrons. The smallest absolute Gasteiger partial charge is 0.342 e. The van der Waals surface area contributed by atoms with Crippen LogP contribution in [0.25, 0.3) is 0 Å². The van der Waals surface area contributed by atoms with Crippen LogP contribution in [0, 0.1) is 10.1 Å². The van der Waals surface area contributed by atoms with E-state index in [9.17, 15) is 14.9 Å². The number of nitro benzene ring substituents is 1. The Morgan fingerprint density at radius 3 is 2.79 bits per heavy atom. The highest BCUT2D eigenvalue weighted by atomic mass is 32.2. The van der Waals surface area contributed by atoms with Crippen LogP contribution < -0.4 is 0 Å². The Morgan fingerprint density at radius 1 is 1.53 bits per heavy atom. The van der Waals surface area contributed by atoms with Crippen LogP contribution in [0.1, 0.15) is 10.4 Å². The molecule has 1 N–H and O–H groups in total. The molecule has 7 nitrogen and oxygen atoms in total. The van der Waals surface area contributed by atoms with Gasteiger partial charge in [-0.3, -0.25) is 10.1 Å². The molecule has 19 heavy (non-hydrogen) atoms. The third-order valence-electron chi connectivity index (χ3n) is 2.38. The Morgan fingerprint density at radius 2 is 2.26 bits per heavy atom. The lowest BCUT2D eigenvalue weighted by molar-refractivity contribution is -0.385. The van der Waals surface area contributed by atoms with Gasteiger partial charge in [0.15, 0.2) is 5.16 Å². The highest BCUT2D eigenvalue weighted by Gasteiger charge is 2.20. The van der Waals surface area contributed by atoms with Gasteiger partial charge in [-0.1, -0.05) is 11.8 Å². The number of nitro groups is 1. The van der Waals surface area contributed by atoms with E-state index in [-0.39, 0.29) is 5.56 Å². The number of aromatic carboxylic acids is 1. The Balaban J connectivity index is 2.39. The van der Waals surface area contributed by atoms with Crippen LogP contribution in [-0.2, 0) is 7.05 Å². The molecule has 0 bridgehead atoms. The van der Waals surface area contributed by atoms with Crippen LogP contribution in [-0.4, -0.2) is 25.6 Å². The lowest BCUT2D eigenvalue weighted by Crippen LogP contribution is -2.02. The summed E-state index contributed by atoms with van der Waals surface area (Å²) in [6, 6.07) is 3.99. The number of imidazole rings is 1. The van der Waals surface area contributed by atoms with Crippen molar-refractivity contribution in [2.45, 2.75) is 10.1 Å². The van der Waals surface area contributed by atoms with Crippen molar-refractivity contribution in [1.82, 2.24) is 9.55 Å². The fourth-order valence-corrected chi connectivity index (χ4v) is 2.30. The molecule has 2 aromatic rings. The van der Waals surface area contributed by atoms with Gasteiger partial charge in [-0.25, -0.2) is 9.78 Å². The molecule has 0 radical (unpaired) electrons. The second-order valence-corrected chi connectivity index (χ2v) is 4.70. The molecule has 0 fully saturated rings. The molecule has 8 heteroatoms. The third-order valence-corrected chi connectivity index (χ3v) is 3.45. The molecule has 0 atom stereocenters. The molecule has 0 spiro atoms. The lowest BCUT2D eigenvalue weighted by atomic mass is 10.2. The molecule has 0 aliphatic rings. The zero-order valence-corrected chi connectivity index (χ0v) is 10.6. The number of hydrogen-bond acceptors (Lipinski definition) is 5. The first-order valence-electron chi connectivity index (χ1n) is 5.16. The average Bonchev–Trinajstić information content (AvgIpc) is 2.74. The summed E-state index contributed by atoms with van der Waals surface area (Å²) in [5.74, 6) is -1.32. The van der Waals surface area contributed by atoms with E-state index < -0.39 is 16.6 Å². The predicted molar refractivity (Wildman–Crippen MR) is 67.4 cm³/mol. The Hall–Kier alpha value is -2.35. The summed E-state index contributed by atoms with van der Waals surface area (Å²) in [6.45, 7) is 0. The van der Waals surface area contributed by atoms with Gasteiger partial charge in [-0.2, -0.15) is 0 Å². The number of nitrogens with zero attached hydrogens (tertiary/aromatic N) is 3. The van der Waals surface area contributed by atoms with E-state index in [0.717, 1.165) is 0 Å². The third kappa shape index (κ3) is 2.74. The summed E-state index contributed by atoms with van der Waals surface area (Å²) >= 11 is 1.23. The first-order valence-corrected chi connectivity index (χ1v) is 5.97. The Bertz CT molecular complexity index is 653. The van der Waals surface area contributed by atoms with Gasteiger partial charge < -0.3 is 9.67 Å². The predicted octanol–water partition coefficient (Wildman–Crippen LogP) is 2.18. The quantitative estimate of drug-likeness (QED) is 0.680. The number of rotatable bonds is 4. The molecule has 0 saturated heterocycles. The summed E-state index contributed by atoms with van der Waals surface area (Å²) in [7, 11) is 1.80. The largest absolute Gasteiger partial charge is 0.477 e. The summed E-state index contributed by atoms with van der Waals surface area (Å²) < 4.78 is 1.77. The van der Waals surface area contributed by atoms with Gasteiger partial charge in [-0.15, -0.1) is 0 Å². The Labute approximate surface area is 112 Å². The van der Waals surface area contributed by atoms with Crippen molar-refractivity contribution in [3.63, 3.8) is 0 Å². The maximum absolute atomic E-state index is 10.9. The monoisotopic (exact) mass is 279 g/mol. The lowest BCUT2D eigenvalue weighted by Gasteiger charge is -2.03. The number of carboxylic acid groups (broad SMARTS) is 1.